The molecule has 2 fully saturated rings. The first-order chi connectivity index (χ1) is 8.18. The van der Waals surface area contributed by atoms with Crippen molar-refractivity contribution in [2.24, 2.45) is 0 Å². The molecule has 0 N–H and O–H groups in total. The third-order valence-corrected chi connectivity index (χ3v) is 3.87. The number of amides is 1. The smallest absolute Gasteiger partial charge is 0.256 e. The summed E-state index contributed by atoms with van der Waals surface area (Å²) in [5, 5.41) is 0.670. The molecule has 0 saturated carbocycles. The minimum absolute atomic E-state index is 0.0111. The number of fused-ring (bicyclic) bond motifs is 1. The normalized spacial score (nSPS) is 23.5. The zero-order valence-electron chi connectivity index (χ0n) is 9.72. The average Bonchev–Trinajstić information content (AvgIpc) is 2.84. The van der Waals surface area contributed by atoms with Gasteiger partial charge in [-0.25, -0.2) is 0 Å². The molecule has 0 aromatic heterocycles. The zero-order valence-corrected chi connectivity index (χ0v) is 10.5. The molecule has 1 atom stereocenters. The lowest BCUT2D eigenvalue weighted by molar-refractivity contribution is -0.119. The van der Waals surface area contributed by atoms with E-state index in [9.17, 15) is 4.79 Å². The summed E-state index contributed by atoms with van der Waals surface area (Å²) < 4.78 is 0. The predicted octanol–water partition coefficient (Wildman–Crippen LogP) is 2.09. The predicted molar refractivity (Wildman–Crippen MR) is 71.0 cm³/mol. The lowest BCUT2D eigenvalue weighted by Gasteiger charge is -2.19. The van der Waals surface area contributed by atoms with E-state index in [1.165, 1.54) is 0 Å². The van der Waals surface area contributed by atoms with Crippen LogP contribution in [0.25, 0.3) is 0 Å². The van der Waals surface area contributed by atoms with Crippen molar-refractivity contribution in [3.05, 3.63) is 29.8 Å². The lowest BCUT2D eigenvalue weighted by atomic mass is 10.2. The van der Waals surface area contributed by atoms with Crippen LogP contribution in [-0.4, -0.2) is 28.5 Å². The van der Waals surface area contributed by atoms with E-state index in [4.69, 9.17) is 12.2 Å². The van der Waals surface area contributed by atoms with Gasteiger partial charge in [0, 0.05) is 6.54 Å². The Morgan fingerprint density at radius 1 is 1.41 bits per heavy atom. The van der Waals surface area contributed by atoms with Gasteiger partial charge in [0.05, 0.1) is 5.69 Å². The number of carbonyl (C=O) groups is 1. The van der Waals surface area contributed by atoms with Gasteiger partial charge < -0.3 is 4.90 Å². The Morgan fingerprint density at radius 2 is 2.24 bits per heavy atom. The van der Waals surface area contributed by atoms with E-state index < -0.39 is 0 Å². The van der Waals surface area contributed by atoms with Crippen LogP contribution in [0.2, 0.25) is 0 Å². The molecule has 0 spiro atoms. The summed E-state index contributed by atoms with van der Waals surface area (Å²) in [4.78, 5) is 16.0. The molecule has 0 bridgehead atoms. The molecule has 0 aliphatic carbocycles. The molecule has 88 valence electrons. The van der Waals surface area contributed by atoms with Gasteiger partial charge >= 0.3 is 0 Å². The van der Waals surface area contributed by atoms with Crippen molar-refractivity contribution in [2.45, 2.75) is 25.8 Å². The number of aryl methyl sites for hydroxylation is 1. The van der Waals surface area contributed by atoms with E-state index in [-0.39, 0.29) is 11.9 Å². The van der Waals surface area contributed by atoms with Crippen LogP contribution >= 0.6 is 12.2 Å². The van der Waals surface area contributed by atoms with E-state index in [1.54, 1.807) is 4.90 Å². The van der Waals surface area contributed by atoms with Gasteiger partial charge in [-0.3, -0.25) is 9.69 Å². The Bertz CT molecular complexity index is 478. The van der Waals surface area contributed by atoms with E-state index in [2.05, 4.69) is 4.90 Å². The topological polar surface area (TPSA) is 23.6 Å². The van der Waals surface area contributed by atoms with Crippen LogP contribution in [0.15, 0.2) is 24.3 Å². The fourth-order valence-corrected chi connectivity index (χ4v) is 3.04. The highest BCUT2D eigenvalue weighted by Crippen LogP contribution is 2.31. The van der Waals surface area contributed by atoms with Crippen molar-refractivity contribution in [2.75, 3.05) is 11.4 Å². The fourth-order valence-electron chi connectivity index (χ4n) is 2.63. The Labute approximate surface area is 106 Å². The van der Waals surface area contributed by atoms with Gasteiger partial charge in [-0.15, -0.1) is 0 Å². The third kappa shape index (κ3) is 1.55. The summed E-state index contributed by atoms with van der Waals surface area (Å²) in [6.07, 6.45) is 2.00. The first kappa shape index (κ1) is 10.7. The largest absolute Gasteiger partial charge is 0.336 e. The molecule has 0 unspecified atom stereocenters. The Kier molecular flexibility index (Phi) is 2.40. The zero-order chi connectivity index (χ0) is 12.0. The molecule has 3 nitrogen and oxygen atoms in total. The number of anilines is 1. The molecule has 1 aromatic rings. The average molecular weight is 246 g/mol. The maximum atomic E-state index is 12.3. The number of nitrogens with zero attached hydrogens (tertiary/aromatic N) is 2. The molecule has 1 aromatic carbocycles. The van der Waals surface area contributed by atoms with E-state index in [0.717, 1.165) is 30.6 Å². The van der Waals surface area contributed by atoms with Gasteiger partial charge in [0.25, 0.3) is 5.91 Å². The van der Waals surface area contributed by atoms with Crippen LogP contribution in [0.4, 0.5) is 5.69 Å². The maximum Gasteiger partial charge on any atom is 0.256 e. The minimum atomic E-state index is -0.0111. The number of thiocarbonyl (C=S) groups is 1. The third-order valence-electron chi connectivity index (χ3n) is 3.46. The highest BCUT2D eigenvalue weighted by atomic mass is 32.1. The number of carbonyl (C=O) groups excluding carboxylic acids is 1. The second-order valence-electron chi connectivity index (χ2n) is 4.65. The number of benzene rings is 1. The second-order valence-corrected chi connectivity index (χ2v) is 5.01. The molecule has 17 heavy (non-hydrogen) atoms. The van der Waals surface area contributed by atoms with E-state index >= 15 is 0 Å². The molecule has 2 aliphatic rings. The Hall–Kier alpha value is -1.42. The number of hydrogen-bond acceptors (Lipinski definition) is 2. The molecular formula is C13H14N2OS. The Morgan fingerprint density at radius 3 is 2.94 bits per heavy atom. The standard InChI is InChI=1S/C13H14N2OS/c1-9-4-2-5-10(8-9)15-12(16)11-6-3-7-14(11)13(15)17/h2,4-5,8,11H,3,6-7H2,1H3/t11-/m0/s1. The van der Waals surface area contributed by atoms with Crippen molar-refractivity contribution < 1.29 is 4.79 Å². The molecule has 0 radical (unpaired) electrons. The van der Waals surface area contributed by atoms with Crippen LogP contribution in [0.3, 0.4) is 0 Å². The highest BCUT2D eigenvalue weighted by Gasteiger charge is 2.45. The minimum Gasteiger partial charge on any atom is -0.336 e. The fraction of sp³-hybridized carbons (Fsp3) is 0.385. The van der Waals surface area contributed by atoms with Crippen LogP contribution in [0.1, 0.15) is 18.4 Å². The summed E-state index contributed by atoms with van der Waals surface area (Å²) in [6, 6.07) is 7.92. The summed E-state index contributed by atoms with van der Waals surface area (Å²) >= 11 is 5.41. The monoisotopic (exact) mass is 246 g/mol. The molecule has 2 heterocycles. The van der Waals surface area contributed by atoms with Crippen molar-refractivity contribution in [1.82, 2.24) is 4.90 Å². The van der Waals surface area contributed by atoms with Crippen LogP contribution in [0.5, 0.6) is 0 Å². The lowest BCUT2D eigenvalue weighted by Crippen LogP contribution is -2.32. The van der Waals surface area contributed by atoms with E-state index in [0.29, 0.717) is 5.11 Å². The van der Waals surface area contributed by atoms with Gasteiger partial charge in [-0.2, -0.15) is 0 Å². The van der Waals surface area contributed by atoms with Crippen molar-refractivity contribution in [1.29, 1.82) is 0 Å². The van der Waals surface area contributed by atoms with Gasteiger partial charge in [0.1, 0.15) is 6.04 Å². The first-order valence-corrected chi connectivity index (χ1v) is 6.30. The molecule has 1 amide bonds. The molecule has 2 saturated heterocycles. The van der Waals surface area contributed by atoms with Crippen LogP contribution < -0.4 is 4.90 Å². The quantitative estimate of drug-likeness (QED) is 0.709. The van der Waals surface area contributed by atoms with Crippen LogP contribution in [0, 0.1) is 6.92 Å². The number of hydrogen-bond donors (Lipinski definition) is 0. The molecular weight excluding hydrogens is 232 g/mol. The maximum absolute atomic E-state index is 12.3. The number of rotatable bonds is 1. The highest BCUT2D eigenvalue weighted by molar-refractivity contribution is 7.80. The van der Waals surface area contributed by atoms with Gasteiger partial charge in [0.15, 0.2) is 5.11 Å². The summed E-state index contributed by atoms with van der Waals surface area (Å²) in [7, 11) is 0. The molecule has 2 aliphatic heterocycles. The second kappa shape index (κ2) is 3.81. The van der Waals surface area contributed by atoms with Crippen molar-refractivity contribution in [3.63, 3.8) is 0 Å². The summed E-state index contributed by atoms with van der Waals surface area (Å²) in [6.45, 7) is 2.94. The van der Waals surface area contributed by atoms with Gasteiger partial charge in [0.2, 0.25) is 0 Å². The van der Waals surface area contributed by atoms with Crippen molar-refractivity contribution >= 4 is 28.9 Å². The van der Waals surface area contributed by atoms with E-state index in [1.807, 2.05) is 31.2 Å². The van der Waals surface area contributed by atoms with Crippen molar-refractivity contribution in [3.8, 4) is 0 Å². The van der Waals surface area contributed by atoms with Gasteiger partial charge in [-0.1, -0.05) is 12.1 Å². The molecule has 3 rings (SSSR count). The Balaban J connectivity index is 1.99. The summed E-state index contributed by atoms with van der Waals surface area (Å²) in [5.74, 6) is 0.137. The van der Waals surface area contributed by atoms with Gasteiger partial charge in [-0.05, 0) is 49.7 Å². The summed E-state index contributed by atoms with van der Waals surface area (Å²) in [5.41, 5.74) is 2.04. The van der Waals surface area contributed by atoms with Crippen LogP contribution in [-0.2, 0) is 4.79 Å². The first-order valence-electron chi connectivity index (χ1n) is 5.90. The molecule has 4 heteroatoms. The SMILES string of the molecule is Cc1cccc(N2C(=O)[C@@H]3CCCN3C2=S)c1.